The van der Waals surface area contributed by atoms with E-state index in [1.807, 2.05) is 0 Å². The molecule has 1 fully saturated rings. The molecule has 10 heavy (non-hydrogen) atoms. The molecule has 1 atom stereocenters. The second-order valence-electron chi connectivity index (χ2n) is 2.32. The lowest BCUT2D eigenvalue weighted by atomic mass is 10.6. The van der Waals surface area contributed by atoms with Crippen LogP contribution in [0.2, 0.25) is 0 Å². The van der Waals surface area contributed by atoms with E-state index in [1.54, 1.807) is 0 Å². The average Bonchev–Trinajstić information content (AvgIpc) is 2.48. The standard InChI is InChI=1S/C6H10O3S/c1-2-3-10(7,8)5-6-4-9-6/h2,6H,1,3-5H2. The summed E-state index contributed by atoms with van der Waals surface area (Å²) in [4.78, 5) is 0. The average molecular weight is 162 g/mol. The highest BCUT2D eigenvalue weighted by molar-refractivity contribution is 7.91. The molecule has 1 rings (SSSR count). The molecule has 0 bridgehead atoms. The SMILES string of the molecule is C=CCS(=O)(=O)CC1CO1. The van der Waals surface area contributed by atoms with Gasteiger partial charge in [-0.1, -0.05) is 6.08 Å². The van der Waals surface area contributed by atoms with E-state index in [9.17, 15) is 8.42 Å². The lowest BCUT2D eigenvalue weighted by Crippen LogP contribution is -2.13. The van der Waals surface area contributed by atoms with Crippen LogP contribution in [0.1, 0.15) is 0 Å². The summed E-state index contributed by atoms with van der Waals surface area (Å²) in [6.45, 7) is 3.95. The number of sulfone groups is 1. The van der Waals surface area contributed by atoms with Crippen molar-refractivity contribution in [2.24, 2.45) is 0 Å². The van der Waals surface area contributed by atoms with Crippen molar-refractivity contribution in [2.75, 3.05) is 18.1 Å². The van der Waals surface area contributed by atoms with Crippen molar-refractivity contribution in [1.29, 1.82) is 0 Å². The maximum Gasteiger partial charge on any atom is 0.156 e. The van der Waals surface area contributed by atoms with E-state index in [2.05, 4.69) is 6.58 Å². The summed E-state index contributed by atoms with van der Waals surface area (Å²) in [5, 5.41) is 0. The summed E-state index contributed by atoms with van der Waals surface area (Å²) in [5.41, 5.74) is 0. The van der Waals surface area contributed by atoms with Crippen molar-refractivity contribution in [3.8, 4) is 0 Å². The lowest BCUT2D eigenvalue weighted by Gasteiger charge is -1.94. The zero-order valence-electron chi connectivity index (χ0n) is 5.62. The fraction of sp³-hybridized carbons (Fsp3) is 0.667. The highest BCUT2D eigenvalue weighted by Crippen LogP contribution is 2.11. The van der Waals surface area contributed by atoms with E-state index in [0.29, 0.717) is 6.61 Å². The Labute approximate surface area is 60.6 Å². The van der Waals surface area contributed by atoms with Crippen molar-refractivity contribution in [3.05, 3.63) is 12.7 Å². The predicted molar refractivity (Wildman–Crippen MR) is 38.6 cm³/mol. The van der Waals surface area contributed by atoms with Gasteiger partial charge >= 0.3 is 0 Å². The third kappa shape index (κ3) is 2.49. The number of hydrogen-bond acceptors (Lipinski definition) is 3. The Kier molecular flexibility index (Phi) is 2.11. The van der Waals surface area contributed by atoms with Crippen molar-refractivity contribution >= 4 is 9.84 Å². The van der Waals surface area contributed by atoms with Crippen LogP contribution in [0.4, 0.5) is 0 Å². The van der Waals surface area contributed by atoms with Crippen molar-refractivity contribution < 1.29 is 13.2 Å². The number of epoxide rings is 1. The molecule has 0 spiro atoms. The second kappa shape index (κ2) is 2.72. The van der Waals surface area contributed by atoms with Crippen molar-refractivity contribution in [3.63, 3.8) is 0 Å². The lowest BCUT2D eigenvalue weighted by molar-refractivity contribution is 0.422. The number of ether oxygens (including phenoxy) is 1. The van der Waals surface area contributed by atoms with Crippen LogP contribution < -0.4 is 0 Å². The van der Waals surface area contributed by atoms with Crippen molar-refractivity contribution in [2.45, 2.75) is 6.10 Å². The van der Waals surface area contributed by atoms with Gasteiger partial charge in [-0.3, -0.25) is 0 Å². The van der Waals surface area contributed by atoms with E-state index < -0.39 is 9.84 Å². The Morgan fingerprint density at radius 1 is 1.70 bits per heavy atom. The van der Waals surface area contributed by atoms with Crippen LogP contribution in [0.5, 0.6) is 0 Å². The van der Waals surface area contributed by atoms with Gasteiger partial charge in [0.2, 0.25) is 0 Å². The molecule has 0 aliphatic carbocycles. The highest BCUT2D eigenvalue weighted by atomic mass is 32.2. The molecule has 1 heterocycles. The molecule has 1 unspecified atom stereocenters. The summed E-state index contributed by atoms with van der Waals surface area (Å²) in [5.74, 6) is 0.214. The maximum absolute atomic E-state index is 10.9. The maximum atomic E-state index is 10.9. The number of rotatable bonds is 4. The summed E-state index contributed by atoms with van der Waals surface area (Å²) in [6, 6.07) is 0. The van der Waals surface area contributed by atoms with Gasteiger partial charge in [-0.15, -0.1) is 6.58 Å². The molecule has 58 valence electrons. The summed E-state index contributed by atoms with van der Waals surface area (Å²) < 4.78 is 26.6. The minimum Gasteiger partial charge on any atom is -0.372 e. The molecular formula is C6H10O3S. The zero-order chi connectivity index (χ0) is 7.61. The summed E-state index contributed by atoms with van der Waals surface area (Å²) >= 11 is 0. The summed E-state index contributed by atoms with van der Waals surface area (Å²) in [7, 11) is -2.91. The van der Waals surface area contributed by atoms with Crippen LogP contribution in [-0.4, -0.2) is 32.6 Å². The first-order valence-electron chi connectivity index (χ1n) is 3.07. The van der Waals surface area contributed by atoms with Crippen LogP contribution in [-0.2, 0) is 14.6 Å². The van der Waals surface area contributed by atoms with Crippen molar-refractivity contribution in [1.82, 2.24) is 0 Å². The van der Waals surface area contributed by atoms with E-state index >= 15 is 0 Å². The molecule has 0 amide bonds. The van der Waals surface area contributed by atoms with E-state index in [0.717, 1.165) is 0 Å². The Bertz CT molecular complexity index is 213. The van der Waals surface area contributed by atoms with Gasteiger partial charge in [0.25, 0.3) is 0 Å². The second-order valence-corrected chi connectivity index (χ2v) is 4.47. The largest absolute Gasteiger partial charge is 0.372 e. The number of hydrogen-bond donors (Lipinski definition) is 0. The molecule has 0 aromatic rings. The minimum absolute atomic E-state index is 0.0371. The molecule has 0 N–H and O–H groups in total. The van der Waals surface area contributed by atoms with Gasteiger partial charge in [-0.05, 0) is 0 Å². The van der Waals surface area contributed by atoms with Gasteiger partial charge in [0.05, 0.1) is 24.2 Å². The molecule has 0 radical (unpaired) electrons. The molecule has 3 nitrogen and oxygen atoms in total. The minimum atomic E-state index is -2.91. The molecule has 1 saturated heterocycles. The predicted octanol–water partition coefficient (Wildman–Crippen LogP) is -0.0140. The highest BCUT2D eigenvalue weighted by Gasteiger charge is 2.28. The zero-order valence-corrected chi connectivity index (χ0v) is 6.43. The van der Waals surface area contributed by atoms with Gasteiger partial charge in [-0.2, -0.15) is 0 Å². The van der Waals surface area contributed by atoms with Crippen LogP contribution in [0.3, 0.4) is 0 Å². The van der Waals surface area contributed by atoms with E-state index in [1.165, 1.54) is 6.08 Å². The first-order valence-corrected chi connectivity index (χ1v) is 4.89. The van der Waals surface area contributed by atoms with Gasteiger partial charge in [0, 0.05) is 0 Å². The van der Waals surface area contributed by atoms with Crippen LogP contribution >= 0.6 is 0 Å². The third-order valence-electron chi connectivity index (χ3n) is 1.21. The normalized spacial score (nSPS) is 24.2. The molecule has 4 heteroatoms. The fourth-order valence-corrected chi connectivity index (χ4v) is 1.95. The molecule has 1 aliphatic heterocycles. The Balaban J connectivity index is 2.41. The molecule has 1 aliphatic rings. The third-order valence-corrected chi connectivity index (χ3v) is 2.84. The van der Waals surface area contributed by atoms with Gasteiger partial charge in [0.1, 0.15) is 0 Å². The molecular weight excluding hydrogens is 152 g/mol. The molecule has 0 aromatic carbocycles. The Morgan fingerprint density at radius 3 is 2.70 bits per heavy atom. The van der Waals surface area contributed by atoms with Crippen LogP contribution in [0, 0.1) is 0 Å². The fourth-order valence-electron chi connectivity index (χ4n) is 0.695. The van der Waals surface area contributed by atoms with Gasteiger partial charge in [0.15, 0.2) is 9.84 Å². The quantitative estimate of drug-likeness (QED) is 0.431. The van der Waals surface area contributed by atoms with E-state index in [-0.39, 0.29) is 17.6 Å². The molecule has 0 aromatic heterocycles. The summed E-state index contributed by atoms with van der Waals surface area (Å²) in [6.07, 6.45) is 1.36. The first-order chi connectivity index (χ1) is 4.64. The smallest absolute Gasteiger partial charge is 0.156 e. The van der Waals surface area contributed by atoms with E-state index in [4.69, 9.17) is 4.74 Å². The van der Waals surface area contributed by atoms with Gasteiger partial charge in [-0.25, -0.2) is 8.42 Å². The topological polar surface area (TPSA) is 46.7 Å². The Morgan fingerprint density at radius 2 is 2.30 bits per heavy atom. The first kappa shape index (κ1) is 7.75. The van der Waals surface area contributed by atoms with Crippen LogP contribution in [0.25, 0.3) is 0 Å². The monoisotopic (exact) mass is 162 g/mol. The van der Waals surface area contributed by atoms with Gasteiger partial charge < -0.3 is 4.74 Å². The molecule has 0 saturated carbocycles. The Hall–Kier alpha value is -0.350. The van der Waals surface area contributed by atoms with Crippen LogP contribution in [0.15, 0.2) is 12.7 Å².